The first-order chi connectivity index (χ1) is 12.5. The fourth-order valence-electron chi connectivity index (χ4n) is 2.53. The van der Waals surface area contributed by atoms with Crippen LogP contribution in [0.2, 0.25) is 0 Å². The lowest BCUT2D eigenvalue weighted by Gasteiger charge is -2.21. The van der Waals surface area contributed by atoms with E-state index in [0.717, 1.165) is 11.1 Å². The van der Waals surface area contributed by atoms with Crippen molar-refractivity contribution in [1.29, 1.82) is 0 Å². The molecular formula is C20H23FN2O3. The van der Waals surface area contributed by atoms with E-state index in [1.165, 1.54) is 17.0 Å². The minimum atomic E-state index is -0.320. The third-order valence-electron chi connectivity index (χ3n) is 4.01. The van der Waals surface area contributed by atoms with Crippen LogP contribution in [0.25, 0.3) is 0 Å². The Bertz CT molecular complexity index is 747. The maximum atomic E-state index is 12.9. The van der Waals surface area contributed by atoms with E-state index in [9.17, 15) is 14.0 Å². The lowest BCUT2D eigenvalue weighted by atomic mass is 10.1. The van der Waals surface area contributed by atoms with E-state index in [-0.39, 0.29) is 37.1 Å². The molecule has 0 spiro atoms. The SMILES string of the molecule is CCN(CC(=O)NCc1ccc(F)cc1)C(=O)Cc1ccccc1OC. The molecule has 6 heteroatoms. The molecule has 138 valence electrons. The highest BCUT2D eigenvalue weighted by atomic mass is 19.1. The Kier molecular flexibility index (Phi) is 7.14. The lowest BCUT2D eigenvalue weighted by molar-refractivity contribution is -0.135. The van der Waals surface area contributed by atoms with Crippen molar-refractivity contribution in [3.8, 4) is 5.75 Å². The van der Waals surface area contributed by atoms with Gasteiger partial charge >= 0.3 is 0 Å². The van der Waals surface area contributed by atoms with E-state index in [0.29, 0.717) is 12.3 Å². The summed E-state index contributed by atoms with van der Waals surface area (Å²) >= 11 is 0. The molecule has 0 heterocycles. The highest BCUT2D eigenvalue weighted by molar-refractivity contribution is 5.86. The third kappa shape index (κ3) is 5.58. The van der Waals surface area contributed by atoms with E-state index >= 15 is 0 Å². The van der Waals surface area contributed by atoms with Gasteiger partial charge in [-0.25, -0.2) is 4.39 Å². The topological polar surface area (TPSA) is 58.6 Å². The van der Waals surface area contributed by atoms with E-state index in [1.54, 1.807) is 25.3 Å². The van der Waals surface area contributed by atoms with Crippen molar-refractivity contribution in [1.82, 2.24) is 10.2 Å². The van der Waals surface area contributed by atoms with Crippen LogP contribution in [-0.2, 0) is 22.6 Å². The molecule has 0 saturated heterocycles. The average molecular weight is 358 g/mol. The van der Waals surface area contributed by atoms with Crippen molar-refractivity contribution in [2.24, 2.45) is 0 Å². The van der Waals surface area contributed by atoms with Gasteiger partial charge in [-0.2, -0.15) is 0 Å². The molecule has 0 aliphatic carbocycles. The van der Waals surface area contributed by atoms with Crippen molar-refractivity contribution in [3.63, 3.8) is 0 Å². The van der Waals surface area contributed by atoms with E-state index in [2.05, 4.69) is 5.32 Å². The molecule has 0 radical (unpaired) electrons. The number of halogens is 1. The average Bonchev–Trinajstić information content (AvgIpc) is 2.66. The number of nitrogens with zero attached hydrogens (tertiary/aromatic N) is 1. The summed E-state index contributed by atoms with van der Waals surface area (Å²) in [6.45, 7) is 2.52. The molecule has 2 aromatic carbocycles. The zero-order valence-electron chi connectivity index (χ0n) is 15.0. The van der Waals surface area contributed by atoms with Gasteiger partial charge in [0.15, 0.2) is 0 Å². The molecule has 0 atom stereocenters. The monoisotopic (exact) mass is 358 g/mol. The van der Waals surface area contributed by atoms with Gasteiger partial charge in [0, 0.05) is 18.7 Å². The molecule has 26 heavy (non-hydrogen) atoms. The number of likely N-dealkylation sites (N-methyl/N-ethyl adjacent to an activating group) is 1. The van der Waals surface area contributed by atoms with Gasteiger partial charge in [-0.05, 0) is 30.7 Å². The van der Waals surface area contributed by atoms with Gasteiger partial charge < -0.3 is 15.0 Å². The summed E-state index contributed by atoms with van der Waals surface area (Å²) in [7, 11) is 1.56. The Morgan fingerprint density at radius 3 is 2.46 bits per heavy atom. The van der Waals surface area contributed by atoms with Gasteiger partial charge in [0.25, 0.3) is 0 Å². The van der Waals surface area contributed by atoms with Crippen molar-refractivity contribution in [3.05, 3.63) is 65.5 Å². The fourth-order valence-corrected chi connectivity index (χ4v) is 2.53. The number of amides is 2. The molecule has 0 aromatic heterocycles. The number of rotatable bonds is 8. The second kappa shape index (κ2) is 9.56. The number of nitrogens with one attached hydrogen (secondary N) is 1. The maximum absolute atomic E-state index is 12.9. The largest absolute Gasteiger partial charge is 0.496 e. The Labute approximate surface area is 152 Å². The molecule has 0 aliphatic rings. The fraction of sp³-hybridized carbons (Fsp3) is 0.300. The summed E-state index contributed by atoms with van der Waals surface area (Å²) in [5.41, 5.74) is 1.58. The van der Waals surface area contributed by atoms with Crippen LogP contribution in [-0.4, -0.2) is 36.9 Å². The van der Waals surface area contributed by atoms with Gasteiger partial charge in [-0.3, -0.25) is 9.59 Å². The Morgan fingerprint density at radius 2 is 1.81 bits per heavy atom. The first kappa shape index (κ1) is 19.4. The van der Waals surface area contributed by atoms with Gasteiger partial charge in [-0.1, -0.05) is 30.3 Å². The quantitative estimate of drug-likeness (QED) is 0.789. The van der Waals surface area contributed by atoms with Gasteiger partial charge in [0.05, 0.1) is 20.1 Å². The number of para-hydroxylation sites is 1. The number of hydrogen-bond donors (Lipinski definition) is 1. The number of methoxy groups -OCH3 is 1. The zero-order valence-corrected chi connectivity index (χ0v) is 15.0. The maximum Gasteiger partial charge on any atom is 0.239 e. The predicted octanol–water partition coefficient (Wildman–Crippen LogP) is 2.54. The number of carbonyl (C=O) groups excluding carboxylic acids is 2. The minimum Gasteiger partial charge on any atom is -0.496 e. The number of benzene rings is 2. The predicted molar refractivity (Wildman–Crippen MR) is 97.2 cm³/mol. The molecule has 0 fully saturated rings. The molecule has 2 amide bonds. The summed E-state index contributed by atoms with van der Waals surface area (Å²) in [5, 5.41) is 2.74. The van der Waals surface area contributed by atoms with Crippen molar-refractivity contribution >= 4 is 11.8 Å². The summed E-state index contributed by atoms with van der Waals surface area (Å²) in [5.74, 6) is -0.0738. The zero-order chi connectivity index (χ0) is 18.9. The Hall–Kier alpha value is -2.89. The molecule has 0 bridgehead atoms. The van der Waals surface area contributed by atoms with E-state index in [4.69, 9.17) is 4.74 Å². The number of ether oxygens (including phenoxy) is 1. The molecule has 0 unspecified atom stereocenters. The van der Waals surface area contributed by atoms with Crippen molar-refractivity contribution in [2.75, 3.05) is 20.2 Å². The lowest BCUT2D eigenvalue weighted by Crippen LogP contribution is -2.41. The van der Waals surface area contributed by atoms with Crippen LogP contribution >= 0.6 is 0 Å². The van der Waals surface area contributed by atoms with Gasteiger partial charge in [-0.15, -0.1) is 0 Å². The molecular weight excluding hydrogens is 335 g/mol. The van der Waals surface area contributed by atoms with Gasteiger partial charge in [0.1, 0.15) is 11.6 Å². The van der Waals surface area contributed by atoms with Crippen LogP contribution in [0, 0.1) is 5.82 Å². The molecule has 0 aliphatic heterocycles. The minimum absolute atomic E-state index is 0.0221. The van der Waals surface area contributed by atoms with E-state index in [1.807, 2.05) is 25.1 Å². The number of hydrogen-bond acceptors (Lipinski definition) is 3. The van der Waals surface area contributed by atoms with Crippen LogP contribution in [0.1, 0.15) is 18.1 Å². The highest BCUT2D eigenvalue weighted by Gasteiger charge is 2.17. The molecule has 1 N–H and O–H groups in total. The molecule has 5 nitrogen and oxygen atoms in total. The number of carbonyl (C=O) groups is 2. The normalized spacial score (nSPS) is 10.3. The van der Waals surface area contributed by atoms with E-state index < -0.39 is 0 Å². The van der Waals surface area contributed by atoms with Crippen LogP contribution in [0.4, 0.5) is 4.39 Å². The second-order valence-electron chi connectivity index (χ2n) is 5.80. The second-order valence-corrected chi connectivity index (χ2v) is 5.80. The standard InChI is InChI=1S/C20H23FN2O3/c1-3-23(20(25)12-16-6-4-5-7-18(16)26-2)14-19(24)22-13-15-8-10-17(21)11-9-15/h4-11H,3,12-14H2,1-2H3,(H,22,24). The molecule has 2 rings (SSSR count). The molecule has 0 saturated carbocycles. The smallest absolute Gasteiger partial charge is 0.239 e. The summed E-state index contributed by atoms with van der Waals surface area (Å²) in [6, 6.07) is 13.2. The van der Waals surface area contributed by atoms with Crippen molar-refractivity contribution in [2.45, 2.75) is 19.9 Å². The Morgan fingerprint density at radius 1 is 1.12 bits per heavy atom. The first-order valence-electron chi connectivity index (χ1n) is 8.44. The molecule has 2 aromatic rings. The van der Waals surface area contributed by atoms with Gasteiger partial charge in [0.2, 0.25) is 11.8 Å². The van der Waals surface area contributed by atoms with Crippen LogP contribution in [0.15, 0.2) is 48.5 Å². The third-order valence-corrected chi connectivity index (χ3v) is 4.01. The van der Waals surface area contributed by atoms with Crippen LogP contribution in [0.3, 0.4) is 0 Å². The Balaban J connectivity index is 1.89. The van der Waals surface area contributed by atoms with Crippen LogP contribution < -0.4 is 10.1 Å². The summed E-state index contributed by atoms with van der Waals surface area (Å²) in [6.07, 6.45) is 0.170. The summed E-state index contributed by atoms with van der Waals surface area (Å²) < 4.78 is 18.1. The van der Waals surface area contributed by atoms with Crippen molar-refractivity contribution < 1.29 is 18.7 Å². The summed E-state index contributed by atoms with van der Waals surface area (Å²) in [4.78, 5) is 26.1. The first-order valence-corrected chi connectivity index (χ1v) is 8.44. The van der Waals surface area contributed by atoms with Crippen LogP contribution in [0.5, 0.6) is 5.75 Å². The highest BCUT2D eigenvalue weighted by Crippen LogP contribution is 2.18.